The highest BCUT2D eigenvalue weighted by atomic mass is 32.2. The second-order valence-electron chi connectivity index (χ2n) is 12.2. The number of benzene rings is 2. The summed E-state index contributed by atoms with van der Waals surface area (Å²) in [6.45, 7) is -0.0452. The lowest BCUT2D eigenvalue weighted by molar-refractivity contribution is -0.149. The van der Waals surface area contributed by atoms with E-state index in [1.54, 1.807) is 0 Å². The molecule has 3 aromatic rings. The molecule has 47 heavy (non-hydrogen) atoms. The molecule has 256 valence electrons. The molecule has 3 aliphatic rings. The van der Waals surface area contributed by atoms with Crippen LogP contribution in [-0.4, -0.2) is 109 Å². The van der Waals surface area contributed by atoms with E-state index in [1.165, 1.54) is 23.1 Å². The van der Waals surface area contributed by atoms with Crippen molar-refractivity contribution < 1.29 is 46.2 Å². The number of amides is 1. The molecule has 3 heterocycles. The molecule has 0 bridgehead atoms. The van der Waals surface area contributed by atoms with Crippen molar-refractivity contribution in [3.63, 3.8) is 0 Å². The minimum Gasteiger partial charge on any atom is -0.465 e. The van der Waals surface area contributed by atoms with Crippen LogP contribution in [0.3, 0.4) is 0 Å². The van der Waals surface area contributed by atoms with Crippen LogP contribution in [0.1, 0.15) is 37.7 Å². The van der Waals surface area contributed by atoms with Gasteiger partial charge in [-0.15, -0.1) is 0 Å². The topological polar surface area (TPSA) is 201 Å². The number of rotatable bonds is 13. The number of carbonyl (C=O) groups is 1. The number of sulfonamides is 2. The number of nitrogens with zero attached hydrogens (tertiary/aromatic N) is 3. The lowest BCUT2D eigenvalue weighted by Crippen LogP contribution is -2.57. The standard InChI is InChI=1S/C30H39N5O10S2/c1-46(39,40)33-29-31-23-12-11-21(16-24(23)32-29)47(41,42)34(45-20-9-5-6-10-20)17-27(36)25(15-19-7-3-2-4-8-19)35(30(37)38)26-18-44-28-22(26)13-14-43-28/h2-4,7-8,11-12,16,20,22,25-28,36H,5-6,9-10,13-15,17-18H2,1H3,(H,37,38)(H2,31,32,33)/t22-,25+,26-,27+,28+/m1/s1. The third kappa shape index (κ3) is 7.56. The Kier molecular flexibility index (Phi) is 9.76. The van der Waals surface area contributed by atoms with Crippen molar-refractivity contribution in [2.24, 2.45) is 5.92 Å². The highest BCUT2D eigenvalue weighted by Crippen LogP contribution is 2.36. The average Bonchev–Trinajstić information content (AvgIpc) is 3.82. The average molecular weight is 694 g/mol. The summed E-state index contributed by atoms with van der Waals surface area (Å²) in [6, 6.07) is 11.5. The van der Waals surface area contributed by atoms with Gasteiger partial charge >= 0.3 is 6.09 Å². The Morgan fingerprint density at radius 1 is 1.11 bits per heavy atom. The van der Waals surface area contributed by atoms with E-state index >= 15 is 0 Å². The first-order chi connectivity index (χ1) is 22.4. The molecule has 3 fully saturated rings. The van der Waals surface area contributed by atoms with Gasteiger partial charge in [-0.25, -0.2) is 26.6 Å². The molecule has 5 atom stereocenters. The molecule has 1 aromatic heterocycles. The van der Waals surface area contributed by atoms with Crippen molar-refractivity contribution in [2.75, 3.05) is 30.7 Å². The minimum absolute atomic E-state index is 0.0742. The molecule has 17 heteroatoms. The number of aliphatic hydroxyl groups is 1. The molecule has 1 saturated carbocycles. The minimum atomic E-state index is -4.44. The highest BCUT2D eigenvalue weighted by molar-refractivity contribution is 7.92. The van der Waals surface area contributed by atoms with E-state index in [0.29, 0.717) is 31.4 Å². The molecule has 1 aliphatic carbocycles. The molecular formula is C30H39N5O10S2. The fourth-order valence-corrected chi connectivity index (χ4v) is 8.42. The van der Waals surface area contributed by atoms with E-state index in [-0.39, 0.29) is 35.3 Å². The van der Waals surface area contributed by atoms with Gasteiger partial charge in [0.25, 0.3) is 10.0 Å². The van der Waals surface area contributed by atoms with E-state index in [4.69, 9.17) is 14.3 Å². The number of fused-ring (bicyclic) bond motifs is 2. The fourth-order valence-electron chi connectivity index (χ4n) is 6.65. The normalized spacial score (nSPS) is 23.3. The molecular weight excluding hydrogens is 654 g/mol. The molecule has 0 radical (unpaired) electrons. The van der Waals surface area contributed by atoms with Gasteiger partial charge in [0.05, 0.1) is 66.2 Å². The molecule has 2 saturated heterocycles. The van der Waals surface area contributed by atoms with Gasteiger partial charge in [-0.1, -0.05) is 47.6 Å². The highest BCUT2D eigenvalue weighted by Gasteiger charge is 2.49. The number of nitrogens with one attached hydrogen (secondary N) is 2. The van der Waals surface area contributed by atoms with Crippen molar-refractivity contribution in [1.82, 2.24) is 19.3 Å². The van der Waals surface area contributed by atoms with Crippen molar-refractivity contribution in [3.05, 3.63) is 54.1 Å². The first-order valence-electron chi connectivity index (χ1n) is 15.5. The Bertz CT molecular complexity index is 1780. The third-order valence-electron chi connectivity index (χ3n) is 8.88. The number of hydroxylamine groups is 1. The van der Waals surface area contributed by atoms with Gasteiger partial charge in [-0.3, -0.25) is 14.5 Å². The van der Waals surface area contributed by atoms with Crippen LogP contribution in [0.15, 0.2) is 53.4 Å². The summed E-state index contributed by atoms with van der Waals surface area (Å²) in [5.74, 6) is -0.302. The summed E-state index contributed by atoms with van der Waals surface area (Å²) >= 11 is 0. The molecule has 4 N–H and O–H groups in total. The summed E-state index contributed by atoms with van der Waals surface area (Å²) in [7, 11) is -8.08. The Morgan fingerprint density at radius 3 is 2.55 bits per heavy atom. The van der Waals surface area contributed by atoms with Crippen LogP contribution in [0, 0.1) is 5.92 Å². The third-order valence-corrected chi connectivity index (χ3v) is 11.1. The Hall–Kier alpha value is -3.32. The van der Waals surface area contributed by atoms with E-state index in [2.05, 4.69) is 14.7 Å². The van der Waals surface area contributed by atoms with Gasteiger partial charge in [0, 0.05) is 5.92 Å². The monoisotopic (exact) mass is 693 g/mol. The van der Waals surface area contributed by atoms with E-state index < -0.39 is 63.3 Å². The SMILES string of the molecule is CS(=O)(=O)Nc1nc2cc(S(=O)(=O)N(C[C@H](O)[C@H](Cc3ccccc3)N(C(=O)O)[C@@H]3CO[C@@H]4OCC[C@@H]43)OC3CCCC3)ccc2[nH]1. The summed E-state index contributed by atoms with van der Waals surface area (Å²) in [4.78, 5) is 26.9. The molecule has 1 amide bonds. The number of carboxylic acid groups (broad SMARTS) is 1. The fraction of sp³-hybridized carbons (Fsp3) is 0.533. The number of aliphatic hydroxyl groups excluding tert-OH is 1. The number of aromatic amines is 1. The van der Waals surface area contributed by atoms with Gasteiger partial charge in [-0.05, 0) is 49.4 Å². The smallest absolute Gasteiger partial charge is 0.407 e. The Labute approximate surface area is 272 Å². The zero-order valence-electron chi connectivity index (χ0n) is 25.8. The van der Waals surface area contributed by atoms with E-state index in [0.717, 1.165) is 29.1 Å². The maximum Gasteiger partial charge on any atom is 0.407 e. The first-order valence-corrected chi connectivity index (χ1v) is 18.9. The number of H-pyrrole nitrogens is 1. The van der Waals surface area contributed by atoms with Gasteiger partial charge in [-0.2, -0.15) is 0 Å². The summed E-state index contributed by atoms with van der Waals surface area (Å²) in [6.07, 6.45) is 0.891. The maximum absolute atomic E-state index is 14.2. The Balaban J connectivity index is 1.33. The van der Waals surface area contributed by atoms with Crippen LogP contribution in [0.5, 0.6) is 0 Å². The van der Waals surface area contributed by atoms with Gasteiger partial charge in [0.15, 0.2) is 6.29 Å². The quantitative estimate of drug-likeness (QED) is 0.192. The van der Waals surface area contributed by atoms with E-state index in [1.807, 2.05) is 30.3 Å². The van der Waals surface area contributed by atoms with Crippen molar-refractivity contribution >= 4 is 43.1 Å². The maximum atomic E-state index is 14.2. The predicted molar refractivity (Wildman–Crippen MR) is 169 cm³/mol. The lowest BCUT2D eigenvalue weighted by Gasteiger charge is -2.39. The predicted octanol–water partition coefficient (Wildman–Crippen LogP) is 2.51. The molecule has 2 aliphatic heterocycles. The van der Waals surface area contributed by atoms with Crippen LogP contribution >= 0.6 is 0 Å². The summed E-state index contributed by atoms with van der Waals surface area (Å²) < 4.78 is 66.2. The lowest BCUT2D eigenvalue weighted by atomic mass is 9.93. The van der Waals surface area contributed by atoms with Crippen LogP contribution in [0.2, 0.25) is 0 Å². The summed E-state index contributed by atoms with van der Waals surface area (Å²) in [5, 5.41) is 22.4. The molecule has 6 rings (SSSR count). The number of ether oxygens (including phenoxy) is 2. The van der Waals surface area contributed by atoms with Crippen molar-refractivity contribution in [3.8, 4) is 0 Å². The van der Waals surface area contributed by atoms with Crippen LogP contribution < -0.4 is 4.72 Å². The molecule has 2 aromatic carbocycles. The number of hydrogen-bond donors (Lipinski definition) is 4. The number of anilines is 1. The number of imidazole rings is 1. The van der Waals surface area contributed by atoms with Gasteiger partial charge in [0.2, 0.25) is 16.0 Å². The number of aromatic nitrogens is 2. The summed E-state index contributed by atoms with van der Waals surface area (Å²) in [5.41, 5.74) is 1.34. The number of hydrogen-bond acceptors (Lipinski definition) is 10. The Morgan fingerprint density at radius 2 is 1.85 bits per heavy atom. The molecule has 15 nitrogen and oxygen atoms in total. The van der Waals surface area contributed by atoms with Gasteiger partial charge < -0.3 is 24.7 Å². The largest absolute Gasteiger partial charge is 0.465 e. The van der Waals surface area contributed by atoms with Crippen molar-refractivity contribution in [1.29, 1.82) is 0 Å². The van der Waals surface area contributed by atoms with E-state index in [9.17, 15) is 31.8 Å². The zero-order valence-corrected chi connectivity index (χ0v) is 27.4. The first kappa shape index (κ1) is 33.6. The second kappa shape index (κ2) is 13.7. The van der Waals surface area contributed by atoms with Crippen LogP contribution in [0.25, 0.3) is 11.0 Å². The molecule has 0 unspecified atom stereocenters. The van der Waals surface area contributed by atoms with Gasteiger partial charge in [0.1, 0.15) is 0 Å². The zero-order chi connectivity index (χ0) is 33.3. The second-order valence-corrected chi connectivity index (χ2v) is 15.8. The van der Waals surface area contributed by atoms with Crippen LogP contribution in [-0.2, 0) is 40.8 Å². The molecule has 0 spiro atoms. The van der Waals surface area contributed by atoms with Crippen molar-refractivity contribution in [2.45, 2.75) is 74.0 Å². The van der Waals surface area contributed by atoms with Crippen LogP contribution in [0.4, 0.5) is 10.7 Å².